The Labute approximate surface area is 221 Å². The average molecular weight is 569 g/mol. The minimum atomic E-state index is -4.97. The molecule has 39 heavy (non-hydrogen) atoms. The summed E-state index contributed by atoms with van der Waals surface area (Å²) in [4.78, 5) is 17.4. The first-order chi connectivity index (χ1) is 18.1. The highest BCUT2D eigenvalue weighted by Gasteiger charge is 2.39. The topological polar surface area (TPSA) is 120 Å². The fraction of sp³-hybridized carbons (Fsp3) is 0.360. The molecule has 0 spiro atoms. The largest absolute Gasteiger partial charge is 0.478 e. The standard InChI is InChI=1S/C25H24F4N4O5S/c1-13-18(21(34)30-14-7-5-8-15(11-14)39(4,35)36)22(33-32-20(13)25(27,28)29)38-19-16(26)12-17(31-23(19)37-3)24(2)9-6-10-24/h5,7-8,11-12H,6,9-10H2,1-4H3,(H,30,34). The van der Waals surface area contributed by atoms with Gasteiger partial charge in [0.05, 0.1) is 17.7 Å². The Morgan fingerprint density at radius 3 is 2.38 bits per heavy atom. The van der Waals surface area contributed by atoms with Crippen LogP contribution in [0.1, 0.15) is 53.5 Å². The van der Waals surface area contributed by atoms with Crippen LogP contribution in [-0.2, 0) is 21.4 Å². The van der Waals surface area contributed by atoms with Gasteiger partial charge in [-0.05, 0) is 43.5 Å². The van der Waals surface area contributed by atoms with E-state index in [0.29, 0.717) is 5.69 Å². The van der Waals surface area contributed by atoms with Crippen LogP contribution in [-0.4, -0.2) is 42.9 Å². The number of carbonyl (C=O) groups excluding carboxylic acids is 1. The van der Waals surface area contributed by atoms with E-state index in [1.807, 2.05) is 6.92 Å². The van der Waals surface area contributed by atoms with Gasteiger partial charge in [-0.25, -0.2) is 17.8 Å². The van der Waals surface area contributed by atoms with Crippen LogP contribution >= 0.6 is 0 Å². The molecule has 0 radical (unpaired) electrons. The Balaban J connectivity index is 1.79. The summed E-state index contributed by atoms with van der Waals surface area (Å²) < 4.78 is 90.5. The molecule has 1 amide bonds. The SMILES string of the molecule is COc1nc(C2(C)CCC2)cc(F)c1Oc1nnc(C(F)(F)F)c(C)c1C(=O)Nc1cccc(S(C)(=O)=O)c1. The zero-order valence-electron chi connectivity index (χ0n) is 21.3. The molecule has 0 atom stereocenters. The number of hydrogen-bond acceptors (Lipinski definition) is 8. The number of methoxy groups -OCH3 is 1. The van der Waals surface area contributed by atoms with Crippen LogP contribution in [0.3, 0.4) is 0 Å². The number of ether oxygens (including phenoxy) is 2. The molecular formula is C25H24F4N4O5S. The monoisotopic (exact) mass is 568 g/mol. The number of rotatable bonds is 7. The number of pyridine rings is 1. The maximum absolute atomic E-state index is 15.2. The summed E-state index contributed by atoms with van der Waals surface area (Å²) in [5, 5.41) is 8.95. The van der Waals surface area contributed by atoms with Crippen molar-refractivity contribution >= 4 is 21.4 Å². The van der Waals surface area contributed by atoms with Crippen LogP contribution in [0.2, 0.25) is 0 Å². The van der Waals surface area contributed by atoms with E-state index < -0.39 is 56.2 Å². The second-order valence-corrected chi connectivity index (χ2v) is 11.5. The highest BCUT2D eigenvalue weighted by molar-refractivity contribution is 7.90. The first-order valence-corrected chi connectivity index (χ1v) is 13.5. The Morgan fingerprint density at radius 1 is 1.13 bits per heavy atom. The van der Waals surface area contributed by atoms with Gasteiger partial charge in [-0.1, -0.05) is 19.4 Å². The zero-order chi connectivity index (χ0) is 28.8. The average Bonchev–Trinajstić information content (AvgIpc) is 2.82. The van der Waals surface area contributed by atoms with Crippen LogP contribution in [0.5, 0.6) is 17.5 Å². The lowest BCUT2D eigenvalue weighted by Gasteiger charge is -2.37. The summed E-state index contributed by atoms with van der Waals surface area (Å²) in [7, 11) is -2.43. The van der Waals surface area contributed by atoms with Gasteiger partial charge in [0, 0.05) is 23.4 Å². The molecule has 2 aromatic heterocycles. The number of sulfone groups is 1. The molecule has 0 unspecified atom stereocenters. The molecule has 14 heteroatoms. The third kappa shape index (κ3) is 5.65. The van der Waals surface area contributed by atoms with Crippen molar-refractivity contribution < 1.29 is 40.2 Å². The number of carbonyl (C=O) groups is 1. The van der Waals surface area contributed by atoms with Crippen molar-refractivity contribution in [1.29, 1.82) is 0 Å². The minimum Gasteiger partial charge on any atom is -0.478 e. The summed E-state index contributed by atoms with van der Waals surface area (Å²) in [6.45, 7) is 2.91. The predicted molar refractivity (Wildman–Crippen MR) is 131 cm³/mol. The molecule has 0 saturated heterocycles. The highest BCUT2D eigenvalue weighted by atomic mass is 32.2. The molecule has 1 N–H and O–H groups in total. The van der Waals surface area contributed by atoms with Crippen molar-refractivity contribution in [3.8, 4) is 17.5 Å². The van der Waals surface area contributed by atoms with E-state index in [2.05, 4.69) is 20.5 Å². The molecule has 1 saturated carbocycles. The van der Waals surface area contributed by atoms with Crippen LogP contribution in [0.25, 0.3) is 0 Å². The third-order valence-electron chi connectivity index (χ3n) is 6.56. The molecule has 1 aliphatic carbocycles. The Bertz CT molecular complexity index is 1560. The molecule has 1 fully saturated rings. The maximum atomic E-state index is 15.2. The number of amides is 1. The molecule has 9 nitrogen and oxygen atoms in total. The molecule has 0 bridgehead atoms. The second kappa shape index (κ2) is 10.1. The molecule has 4 rings (SSSR count). The number of benzene rings is 1. The number of nitrogens with zero attached hydrogens (tertiary/aromatic N) is 3. The number of anilines is 1. The van der Waals surface area contributed by atoms with Crippen LogP contribution < -0.4 is 14.8 Å². The number of hydrogen-bond donors (Lipinski definition) is 1. The van der Waals surface area contributed by atoms with Crippen LogP contribution in [0.15, 0.2) is 35.2 Å². The van der Waals surface area contributed by atoms with Gasteiger partial charge in [0.25, 0.3) is 17.7 Å². The van der Waals surface area contributed by atoms with Crippen molar-refractivity contribution in [2.75, 3.05) is 18.7 Å². The van der Waals surface area contributed by atoms with E-state index in [9.17, 15) is 26.4 Å². The van der Waals surface area contributed by atoms with Crippen molar-refractivity contribution in [1.82, 2.24) is 15.2 Å². The Hall–Kier alpha value is -3.81. The first-order valence-electron chi connectivity index (χ1n) is 11.6. The molecular weight excluding hydrogens is 544 g/mol. The van der Waals surface area contributed by atoms with Gasteiger partial charge in [-0.3, -0.25) is 4.79 Å². The van der Waals surface area contributed by atoms with E-state index in [1.54, 1.807) is 0 Å². The number of nitrogens with one attached hydrogen (secondary N) is 1. The molecule has 2 heterocycles. The van der Waals surface area contributed by atoms with Gasteiger partial charge in [0.2, 0.25) is 5.75 Å². The fourth-order valence-corrected chi connectivity index (χ4v) is 4.85. The summed E-state index contributed by atoms with van der Waals surface area (Å²) in [5.41, 5.74) is -2.75. The van der Waals surface area contributed by atoms with Crippen molar-refractivity contribution in [2.45, 2.75) is 49.6 Å². The number of alkyl halides is 3. The third-order valence-corrected chi connectivity index (χ3v) is 7.67. The van der Waals surface area contributed by atoms with Crippen molar-refractivity contribution in [2.24, 2.45) is 0 Å². The molecule has 3 aromatic rings. The molecule has 1 aromatic carbocycles. The lowest BCUT2D eigenvalue weighted by molar-refractivity contribution is -0.142. The lowest BCUT2D eigenvalue weighted by atomic mass is 9.68. The van der Waals surface area contributed by atoms with E-state index in [-0.39, 0.29) is 21.9 Å². The van der Waals surface area contributed by atoms with Gasteiger partial charge >= 0.3 is 6.18 Å². The first kappa shape index (κ1) is 28.2. The normalized spacial score (nSPS) is 14.9. The molecule has 208 valence electrons. The van der Waals surface area contributed by atoms with E-state index in [4.69, 9.17) is 9.47 Å². The molecule has 0 aliphatic heterocycles. The Morgan fingerprint density at radius 2 is 1.82 bits per heavy atom. The Kier molecular flexibility index (Phi) is 7.27. The second-order valence-electron chi connectivity index (χ2n) is 9.45. The smallest absolute Gasteiger partial charge is 0.435 e. The number of aromatic nitrogens is 3. The number of halogens is 4. The van der Waals surface area contributed by atoms with E-state index >= 15 is 4.39 Å². The van der Waals surface area contributed by atoms with Crippen LogP contribution in [0, 0.1) is 12.7 Å². The quantitative estimate of drug-likeness (QED) is 0.385. The zero-order valence-corrected chi connectivity index (χ0v) is 22.1. The fourth-order valence-electron chi connectivity index (χ4n) is 4.19. The lowest BCUT2D eigenvalue weighted by Crippen LogP contribution is -2.31. The maximum Gasteiger partial charge on any atom is 0.435 e. The van der Waals surface area contributed by atoms with Gasteiger partial charge in [0.1, 0.15) is 5.56 Å². The van der Waals surface area contributed by atoms with Crippen LogP contribution in [0.4, 0.5) is 23.2 Å². The highest BCUT2D eigenvalue weighted by Crippen LogP contribution is 2.45. The minimum absolute atomic E-state index is 0.0258. The summed E-state index contributed by atoms with van der Waals surface area (Å²) in [5.74, 6) is -3.66. The summed E-state index contributed by atoms with van der Waals surface area (Å²) >= 11 is 0. The van der Waals surface area contributed by atoms with Gasteiger partial charge in [0.15, 0.2) is 21.3 Å². The van der Waals surface area contributed by atoms with E-state index in [1.165, 1.54) is 25.3 Å². The van der Waals surface area contributed by atoms with Gasteiger partial charge in [-0.15, -0.1) is 10.2 Å². The van der Waals surface area contributed by atoms with Gasteiger partial charge < -0.3 is 14.8 Å². The van der Waals surface area contributed by atoms with Gasteiger partial charge in [-0.2, -0.15) is 13.2 Å². The predicted octanol–water partition coefficient (Wildman–Crippen LogP) is 5.24. The van der Waals surface area contributed by atoms with E-state index in [0.717, 1.165) is 44.6 Å². The summed E-state index contributed by atoms with van der Waals surface area (Å²) in [6, 6.07) is 6.26. The summed E-state index contributed by atoms with van der Waals surface area (Å²) in [6.07, 6.45) is -1.48. The van der Waals surface area contributed by atoms with Crippen molar-refractivity contribution in [3.63, 3.8) is 0 Å². The van der Waals surface area contributed by atoms with Crippen molar-refractivity contribution in [3.05, 3.63) is 58.7 Å². The molecule has 1 aliphatic rings.